The monoisotopic (exact) mass is 295 g/mol. The van der Waals surface area contributed by atoms with Crippen LogP contribution < -0.4 is 10.1 Å². The summed E-state index contributed by atoms with van der Waals surface area (Å²) in [5.74, 6) is -0.525. The molecule has 19 heavy (non-hydrogen) atoms. The van der Waals surface area contributed by atoms with Crippen LogP contribution in [-0.4, -0.2) is 18.1 Å². The number of hydrogen-bond acceptors (Lipinski definition) is 2. The molecule has 0 radical (unpaired) electrons. The van der Waals surface area contributed by atoms with Gasteiger partial charge in [-0.15, -0.1) is 24.8 Å². The highest BCUT2D eigenvalue weighted by molar-refractivity contribution is 6.20. The van der Waals surface area contributed by atoms with Crippen LogP contribution >= 0.6 is 11.6 Å². The van der Waals surface area contributed by atoms with Crippen molar-refractivity contribution in [2.24, 2.45) is 5.41 Å². The molecule has 0 atom stereocenters. The van der Waals surface area contributed by atoms with Gasteiger partial charge in [0.25, 0.3) is 0 Å². The van der Waals surface area contributed by atoms with Crippen molar-refractivity contribution in [3.63, 3.8) is 0 Å². The minimum Gasteiger partial charge on any atom is -0.406 e. The Labute approximate surface area is 113 Å². The molecule has 1 aromatic carbocycles. The van der Waals surface area contributed by atoms with Crippen molar-refractivity contribution < 1.29 is 22.7 Å². The molecular weight excluding hydrogens is 283 g/mol. The quantitative estimate of drug-likeness (QED) is 0.858. The van der Waals surface area contributed by atoms with E-state index in [-0.39, 0.29) is 17.5 Å². The van der Waals surface area contributed by atoms with E-state index in [0.29, 0.717) is 5.69 Å². The molecule has 0 unspecified atom stereocenters. The zero-order valence-corrected chi connectivity index (χ0v) is 11.1. The molecule has 0 aliphatic rings. The van der Waals surface area contributed by atoms with Gasteiger partial charge in [0.15, 0.2) is 0 Å². The molecule has 7 heteroatoms. The second-order valence-corrected chi connectivity index (χ2v) is 4.81. The van der Waals surface area contributed by atoms with Gasteiger partial charge in [-0.05, 0) is 38.1 Å². The number of nitrogens with one attached hydrogen (secondary N) is 1. The lowest BCUT2D eigenvalue weighted by molar-refractivity contribution is -0.274. The molecule has 0 aromatic heterocycles. The van der Waals surface area contributed by atoms with Crippen molar-refractivity contribution in [2.75, 3.05) is 11.2 Å². The number of ether oxygens (including phenoxy) is 1. The van der Waals surface area contributed by atoms with Crippen molar-refractivity contribution in [3.05, 3.63) is 24.3 Å². The van der Waals surface area contributed by atoms with E-state index >= 15 is 0 Å². The second-order valence-electron chi connectivity index (χ2n) is 4.54. The van der Waals surface area contributed by atoms with Crippen LogP contribution in [0.1, 0.15) is 13.8 Å². The van der Waals surface area contributed by atoms with Gasteiger partial charge in [-0.25, -0.2) is 0 Å². The molecule has 0 spiro atoms. The van der Waals surface area contributed by atoms with Crippen LogP contribution in [0.5, 0.6) is 5.75 Å². The summed E-state index contributed by atoms with van der Waals surface area (Å²) in [7, 11) is 0. The third kappa shape index (κ3) is 4.98. The Kier molecular flexibility index (Phi) is 4.68. The first kappa shape index (κ1) is 15.6. The summed E-state index contributed by atoms with van der Waals surface area (Å²) in [6.07, 6.45) is -4.73. The van der Waals surface area contributed by atoms with Gasteiger partial charge in [-0.2, -0.15) is 0 Å². The summed E-state index contributed by atoms with van der Waals surface area (Å²) in [5.41, 5.74) is -0.388. The Morgan fingerprint density at radius 1 is 1.26 bits per heavy atom. The molecule has 1 N–H and O–H groups in total. The number of amides is 1. The number of carbonyl (C=O) groups excluding carboxylic acids is 1. The molecule has 0 heterocycles. The lowest BCUT2D eigenvalue weighted by atomic mass is 9.95. The first-order valence-electron chi connectivity index (χ1n) is 5.37. The molecule has 1 rings (SSSR count). The Balaban J connectivity index is 2.70. The van der Waals surface area contributed by atoms with Gasteiger partial charge in [-0.1, -0.05) is 0 Å². The van der Waals surface area contributed by atoms with Crippen LogP contribution in [0.25, 0.3) is 0 Å². The molecule has 0 aliphatic heterocycles. The van der Waals surface area contributed by atoms with E-state index in [1.807, 2.05) is 0 Å². The number of carbonyl (C=O) groups is 1. The minimum atomic E-state index is -4.73. The Hall–Kier alpha value is -1.43. The van der Waals surface area contributed by atoms with E-state index < -0.39 is 11.8 Å². The van der Waals surface area contributed by atoms with Gasteiger partial charge >= 0.3 is 6.36 Å². The predicted octanol–water partition coefficient (Wildman–Crippen LogP) is 3.79. The maximum Gasteiger partial charge on any atom is 0.573 e. The predicted molar refractivity (Wildman–Crippen MR) is 66.3 cm³/mol. The number of anilines is 1. The molecule has 0 fully saturated rings. The largest absolute Gasteiger partial charge is 0.573 e. The number of halogens is 4. The Morgan fingerprint density at radius 2 is 1.79 bits per heavy atom. The number of alkyl halides is 4. The van der Waals surface area contributed by atoms with Crippen molar-refractivity contribution >= 4 is 23.2 Å². The van der Waals surface area contributed by atoms with Crippen LogP contribution in [-0.2, 0) is 4.79 Å². The number of rotatable bonds is 4. The van der Waals surface area contributed by atoms with Gasteiger partial charge in [0.1, 0.15) is 5.75 Å². The third-order valence-corrected chi connectivity index (χ3v) is 2.96. The first-order valence-corrected chi connectivity index (χ1v) is 5.91. The van der Waals surface area contributed by atoms with E-state index in [2.05, 4.69) is 10.1 Å². The molecule has 0 saturated heterocycles. The van der Waals surface area contributed by atoms with Gasteiger partial charge in [0.2, 0.25) is 5.91 Å². The average Bonchev–Trinajstić information content (AvgIpc) is 2.29. The standard InChI is InChI=1S/C12H13ClF3NO2/c1-11(2,7-13)10(18)17-8-3-5-9(6-4-8)19-12(14,15)16/h3-6H,7H2,1-2H3,(H,17,18). The van der Waals surface area contributed by atoms with Crippen LogP contribution in [0.3, 0.4) is 0 Å². The molecule has 106 valence electrons. The first-order chi connectivity index (χ1) is 8.64. The topological polar surface area (TPSA) is 38.3 Å². The lowest BCUT2D eigenvalue weighted by Crippen LogP contribution is -2.32. The van der Waals surface area contributed by atoms with Crippen LogP contribution in [0.4, 0.5) is 18.9 Å². The number of hydrogen-bond donors (Lipinski definition) is 1. The van der Waals surface area contributed by atoms with E-state index in [4.69, 9.17) is 11.6 Å². The molecule has 0 aliphatic carbocycles. The highest BCUT2D eigenvalue weighted by atomic mass is 35.5. The summed E-state index contributed by atoms with van der Waals surface area (Å²) in [6.45, 7) is 3.33. The van der Waals surface area contributed by atoms with Gasteiger partial charge < -0.3 is 10.1 Å². The van der Waals surface area contributed by atoms with Gasteiger partial charge in [0.05, 0.1) is 5.41 Å². The molecule has 0 saturated carbocycles. The van der Waals surface area contributed by atoms with Crippen molar-refractivity contribution in [1.29, 1.82) is 0 Å². The second kappa shape index (κ2) is 5.69. The molecular formula is C12H13ClF3NO2. The minimum absolute atomic E-state index is 0.133. The van der Waals surface area contributed by atoms with Crippen LogP contribution in [0, 0.1) is 5.41 Å². The zero-order chi connectivity index (χ0) is 14.7. The summed E-state index contributed by atoms with van der Waals surface area (Å²) < 4.78 is 39.6. The zero-order valence-electron chi connectivity index (χ0n) is 10.3. The van der Waals surface area contributed by atoms with E-state index in [0.717, 1.165) is 12.1 Å². The summed E-state index contributed by atoms with van der Waals surface area (Å²) in [6, 6.07) is 4.89. The maximum atomic E-state index is 11.9. The van der Waals surface area contributed by atoms with Gasteiger partial charge in [-0.3, -0.25) is 4.79 Å². The van der Waals surface area contributed by atoms with E-state index in [1.165, 1.54) is 12.1 Å². The average molecular weight is 296 g/mol. The van der Waals surface area contributed by atoms with Crippen molar-refractivity contribution in [3.8, 4) is 5.75 Å². The van der Waals surface area contributed by atoms with Gasteiger partial charge in [0, 0.05) is 11.6 Å². The maximum absolute atomic E-state index is 11.9. The SMILES string of the molecule is CC(C)(CCl)C(=O)Nc1ccc(OC(F)(F)F)cc1. The normalized spacial score (nSPS) is 12.1. The van der Waals surface area contributed by atoms with Crippen molar-refractivity contribution in [1.82, 2.24) is 0 Å². The summed E-state index contributed by atoms with van der Waals surface area (Å²) >= 11 is 5.65. The fourth-order valence-electron chi connectivity index (χ4n) is 1.10. The molecule has 1 amide bonds. The van der Waals surface area contributed by atoms with Crippen molar-refractivity contribution in [2.45, 2.75) is 20.2 Å². The fourth-order valence-corrected chi connectivity index (χ4v) is 1.22. The molecule has 0 bridgehead atoms. The lowest BCUT2D eigenvalue weighted by Gasteiger charge is -2.20. The number of benzene rings is 1. The summed E-state index contributed by atoms with van der Waals surface area (Å²) in [4.78, 5) is 11.8. The Morgan fingerprint density at radius 3 is 2.21 bits per heavy atom. The third-order valence-electron chi connectivity index (χ3n) is 2.29. The smallest absolute Gasteiger partial charge is 0.406 e. The van der Waals surface area contributed by atoms with Crippen LogP contribution in [0.2, 0.25) is 0 Å². The highest BCUT2D eigenvalue weighted by Crippen LogP contribution is 2.25. The highest BCUT2D eigenvalue weighted by Gasteiger charge is 2.31. The summed E-state index contributed by atoms with van der Waals surface area (Å²) in [5, 5.41) is 2.56. The van der Waals surface area contributed by atoms with E-state index in [1.54, 1.807) is 13.8 Å². The molecule has 1 aromatic rings. The molecule has 3 nitrogen and oxygen atoms in total. The Bertz CT molecular complexity index is 443. The fraction of sp³-hybridized carbons (Fsp3) is 0.417. The van der Waals surface area contributed by atoms with Crippen LogP contribution in [0.15, 0.2) is 24.3 Å². The van der Waals surface area contributed by atoms with E-state index in [9.17, 15) is 18.0 Å².